The van der Waals surface area contributed by atoms with Gasteiger partial charge in [-0.15, -0.1) is 0 Å². The number of benzene rings is 1. The first-order valence-electron chi connectivity index (χ1n) is 4.98. The van der Waals surface area contributed by atoms with E-state index < -0.39 is 0 Å². The predicted octanol–water partition coefficient (Wildman–Crippen LogP) is 2.66. The highest BCUT2D eigenvalue weighted by molar-refractivity contribution is 7.99. The molecule has 1 heterocycles. The Labute approximate surface area is 97.3 Å². The van der Waals surface area contributed by atoms with E-state index >= 15 is 0 Å². The Morgan fingerprint density at radius 2 is 2.38 bits per heavy atom. The van der Waals surface area contributed by atoms with E-state index in [-0.39, 0.29) is 5.75 Å². The number of aromatic amines is 1. The van der Waals surface area contributed by atoms with Crippen LogP contribution in [-0.4, -0.2) is 20.8 Å². The topological polar surface area (TPSA) is 72.7 Å². The minimum atomic E-state index is 0.234. The first-order valence-corrected chi connectivity index (χ1v) is 5.96. The van der Waals surface area contributed by atoms with Crippen molar-refractivity contribution in [1.82, 2.24) is 9.97 Å². The lowest BCUT2D eigenvalue weighted by molar-refractivity contribution is 0.476. The average Bonchev–Trinajstić information content (AvgIpc) is 2.66. The summed E-state index contributed by atoms with van der Waals surface area (Å²) >= 11 is 1.59. The van der Waals surface area contributed by atoms with Crippen molar-refractivity contribution in [3.05, 3.63) is 18.2 Å². The fraction of sp³-hybridized carbons (Fsp3) is 0.273. The number of hydrogen-bond donors (Lipinski definition) is 2. The summed E-state index contributed by atoms with van der Waals surface area (Å²) in [4.78, 5) is 7.49. The van der Waals surface area contributed by atoms with E-state index in [1.807, 2.05) is 0 Å². The lowest BCUT2D eigenvalue weighted by atomic mass is 10.3. The number of aromatic nitrogens is 2. The van der Waals surface area contributed by atoms with Gasteiger partial charge in [0, 0.05) is 18.2 Å². The molecule has 82 valence electrons. The summed E-state index contributed by atoms with van der Waals surface area (Å²) in [6.07, 6.45) is 1.44. The van der Waals surface area contributed by atoms with Crippen molar-refractivity contribution in [1.29, 1.82) is 5.26 Å². The standard InChI is InChI=1S/C11H11N3OS/c12-5-1-2-6-16-11-13-9-4-3-8(15)7-10(9)14-11/h3-4,7,15H,1-2,6H2,(H,13,14). The molecule has 0 unspecified atom stereocenters. The van der Waals surface area contributed by atoms with E-state index in [4.69, 9.17) is 5.26 Å². The van der Waals surface area contributed by atoms with Crippen LogP contribution in [0.4, 0.5) is 0 Å². The Kier molecular flexibility index (Phi) is 3.32. The smallest absolute Gasteiger partial charge is 0.166 e. The fourth-order valence-corrected chi connectivity index (χ4v) is 2.19. The molecule has 1 aromatic carbocycles. The van der Waals surface area contributed by atoms with Crippen LogP contribution in [0.25, 0.3) is 11.0 Å². The van der Waals surface area contributed by atoms with Gasteiger partial charge in [-0.05, 0) is 18.6 Å². The van der Waals surface area contributed by atoms with E-state index in [0.717, 1.165) is 28.4 Å². The molecule has 0 saturated carbocycles. The van der Waals surface area contributed by atoms with Crippen LogP contribution in [0.3, 0.4) is 0 Å². The lowest BCUT2D eigenvalue weighted by Crippen LogP contribution is -1.80. The molecule has 1 aromatic heterocycles. The Balaban J connectivity index is 2.06. The van der Waals surface area contributed by atoms with Gasteiger partial charge in [-0.1, -0.05) is 11.8 Å². The minimum absolute atomic E-state index is 0.234. The lowest BCUT2D eigenvalue weighted by Gasteiger charge is -1.92. The molecule has 4 nitrogen and oxygen atoms in total. The maximum Gasteiger partial charge on any atom is 0.166 e. The molecule has 0 atom stereocenters. The number of phenolic OH excluding ortho intramolecular Hbond substituents is 1. The molecule has 0 radical (unpaired) electrons. The molecule has 0 aliphatic heterocycles. The largest absolute Gasteiger partial charge is 0.508 e. The molecule has 0 saturated heterocycles. The van der Waals surface area contributed by atoms with Crippen molar-refractivity contribution in [2.75, 3.05) is 5.75 Å². The monoisotopic (exact) mass is 233 g/mol. The Bertz CT molecular complexity index is 529. The molecule has 2 N–H and O–H groups in total. The Morgan fingerprint density at radius 1 is 1.50 bits per heavy atom. The molecule has 0 aliphatic rings. The summed E-state index contributed by atoms with van der Waals surface area (Å²) in [6, 6.07) is 7.16. The van der Waals surface area contributed by atoms with E-state index in [0.29, 0.717) is 6.42 Å². The first kappa shape index (κ1) is 10.8. The molecule has 0 spiro atoms. The van der Waals surface area contributed by atoms with Crippen molar-refractivity contribution in [2.45, 2.75) is 18.0 Å². The van der Waals surface area contributed by atoms with Crippen LogP contribution in [-0.2, 0) is 0 Å². The maximum atomic E-state index is 9.29. The number of phenols is 1. The number of hydrogen-bond acceptors (Lipinski definition) is 4. The molecule has 0 fully saturated rings. The van der Waals surface area contributed by atoms with Crippen LogP contribution in [0.1, 0.15) is 12.8 Å². The molecule has 0 bridgehead atoms. The second-order valence-electron chi connectivity index (χ2n) is 3.35. The maximum absolute atomic E-state index is 9.29. The van der Waals surface area contributed by atoms with Gasteiger partial charge in [0.2, 0.25) is 0 Å². The van der Waals surface area contributed by atoms with Crippen LogP contribution in [0.2, 0.25) is 0 Å². The van der Waals surface area contributed by atoms with Gasteiger partial charge in [0.15, 0.2) is 5.16 Å². The third kappa shape index (κ3) is 2.47. The number of imidazole rings is 1. The van der Waals surface area contributed by atoms with Gasteiger partial charge in [0.05, 0.1) is 17.1 Å². The summed E-state index contributed by atoms with van der Waals surface area (Å²) in [5.74, 6) is 1.11. The molecule has 2 rings (SSSR count). The third-order valence-electron chi connectivity index (χ3n) is 2.12. The zero-order valence-electron chi connectivity index (χ0n) is 8.60. The number of nitriles is 1. The van der Waals surface area contributed by atoms with Gasteiger partial charge in [-0.25, -0.2) is 4.98 Å². The normalized spacial score (nSPS) is 10.4. The van der Waals surface area contributed by atoms with Gasteiger partial charge < -0.3 is 10.1 Å². The van der Waals surface area contributed by atoms with Crippen LogP contribution in [0, 0.1) is 11.3 Å². The summed E-state index contributed by atoms with van der Waals surface area (Å²) in [5.41, 5.74) is 1.68. The predicted molar refractivity (Wildman–Crippen MR) is 63.3 cm³/mol. The molecular formula is C11H11N3OS. The highest BCUT2D eigenvalue weighted by Gasteiger charge is 2.03. The third-order valence-corrected chi connectivity index (χ3v) is 3.08. The van der Waals surface area contributed by atoms with E-state index in [9.17, 15) is 5.11 Å². The van der Waals surface area contributed by atoms with Gasteiger partial charge >= 0.3 is 0 Å². The highest BCUT2D eigenvalue weighted by atomic mass is 32.2. The Hall–Kier alpha value is -1.67. The van der Waals surface area contributed by atoms with Crippen LogP contribution >= 0.6 is 11.8 Å². The second-order valence-corrected chi connectivity index (χ2v) is 4.44. The van der Waals surface area contributed by atoms with Crippen LogP contribution < -0.4 is 0 Å². The molecule has 2 aromatic rings. The minimum Gasteiger partial charge on any atom is -0.508 e. The summed E-state index contributed by atoms with van der Waals surface area (Å²) < 4.78 is 0. The van der Waals surface area contributed by atoms with Gasteiger partial charge in [0.25, 0.3) is 0 Å². The van der Waals surface area contributed by atoms with Crippen molar-refractivity contribution in [3.63, 3.8) is 0 Å². The highest BCUT2D eigenvalue weighted by Crippen LogP contribution is 2.22. The zero-order valence-corrected chi connectivity index (χ0v) is 9.42. The summed E-state index contributed by atoms with van der Waals surface area (Å²) in [5, 5.41) is 18.5. The van der Waals surface area contributed by atoms with Crippen molar-refractivity contribution >= 4 is 22.8 Å². The summed E-state index contributed by atoms with van der Waals surface area (Å²) in [6.45, 7) is 0. The summed E-state index contributed by atoms with van der Waals surface area (Å²) in [7, 11) is 0. The number of unbranched alkanes of at least 4 members (excludes halogenated alkanes) is 1. The van der Waals surface area contributed by atoms with Gasteiger partial charge in [-0.2, -0.15) is 5.26 Å². The second kappa shape index (κ2) is 4.90. The van der Waals surface area contributed by atoms with Gasteiger partial charge in [0.1, 0.15) is 5.75 Å². The molecule has 5 heteroatoms. The number of aromatic hydroxyl groups is 1. The fourth-order valence-electron chi connectivity index (χ4n) is 1.36. The Morgan fingerprint density at radius 3 is 3.19 bits per heavy atom. The number of H-pyrrole nitrogens is 1. The van der Waals surface area contributed by atoms with E-state index in [2.05, 4.69) is 16.0 Å². The van der Waals surface area contributed by atoms with E-state index in [1.165, 1.54) is 0 Å². The number of thioether (sulfide) groups is 1. The zero-order chi connectivity index (χ0) is 11.4. The number of fused-ring (bicyclic) bond motifs is 1. The van der Waals surface area contributed by atoms with Gasteiger partial charge in [-0.3, -0.25) is 0 Å². The SMILES string of the molecule is N#CCCCSc1nc2ccc(O)cc2[nH]1. The van der Waals surface area contributed by atoms with Crippen molar-refractivity contribution in [3.8, 4) is 11.8 Å². The van der Waals surface area contributed by atoms with Crippen molar-refractivity contribution in [2.24, 2.45) is 0 Å². The first-order chi connectivity index (χ1) is 7.79. The van der Waals surface area contributed by atoms with Crippen molar-refractivity contribution < 1.29 is 5.11 Å². The number of rotatable bonds is 4. The number of nitrogens with zero attached hydrogens (tertiary/aromatic N) is 2. The van der Waals surface area contributed by atoms with E-state index in [1.54, 1.807) is 30.0 Å². The van der Waals surface area contributed by atoms with Crippen LogP contribution in [0.5, 0.6) is 5.75 Å². The molecule has 16 heavy (non-hydrogen) atoms. The number of nitrogens with one attached hydrogen (secondary N) is 1. The average molecular weight is 233 g/mol. The molecule has 0 amide bonds. The molecule has 0 aliphatic carbocycles. The quantitative estimate of drug-likeness (QED) is 0.629. The molecular weight excluding hydrogens is 222 g/mol. The van der Waals surface area contributed by atoms with Crippen LogP contribution in [0.15, 0.2) is 23.4 Å².